The number of aromatic nitrogens is 1. The van der Waals surface area contributed by atoms with E-state index in [0.29, 0.717) is 24.1 Å². The van der Waals surface area contributed by atoms with Gasteiger partial charge in [0.05, 0.1) is 0 Å². The number of aryl methyl sites for hydroxylation is 3. The monoisotopic (exact) mass is 381 g/mol. The van der Waals surface area contributed by atoms with Gasteiger partial charge in [0, 0.05) is 12.2 Å². The molecule has 0 radical (unpaired) electrons. The minimum atomic E-state index is -3.92. The summed E-state index contributed by atoms with van der Waals surface area (Å²) in [6.07, 6.45) is 0.950. The van der Waals surface area contributed by atoms with E-state index < -0.39 is 27.8 Å². The van der Waals surface area contributed by atoms with Crippen molar-refractivity contribution in [2.24, 2.45) is 0 Å². The summed E-state index contributed by atoms with van der Waals surface area (Å²) in [4.78, 5) is 12.7. The van der Waals surface area contributed by atoms with E-state index in [2.05, 4.69) is 10.5 Å². The quantitative estimate of drug-likeness (QED) is 0.879. The molecule has 3 rings (SSSR count). The van der Waals surface area contributed by atoms with Gasteiger partial charge in [0.25, 0.3) is 0 Å². The summed E-state index contributed by atoms with van der Waals surface area (Å²) in [7, 11) is -3.92. The van der Waals surface area contributed by atoms with E-state index in [1.165, 1.54) is 23.4 Å². The second-order valence-electron chi connectivity index (χ2n) is 6.38. The van der Waals surface area contributed by atoms with E-state index in [9.17, 15) is 17.6 Å². The Morgan fingerprint density at radius 1 is 1.35 bits per heavy atom. The topological polar surface area (TPSA) is 92.5 Å². The number of hydrogen-bond donors (Lipinski definition) is 1. The van der Waals surface area contributed by atoms with Gasteiger partial charge >= 0.3 is 0 Å². The molecule has 0 saturated carbocycles. The number of anilines is 1. The third kappa shape index (κ3) is 3.24. The van der Waals surface area contributed by atoms with Gasteiger partial charge in [-0.25, -0.2) is 12.8 Å². The van der Waals surface area contributed by atoms with Crippen LogP contribution in [-0.4, -0.2) is 36.4 Å². The van der Waals surface area contributed by atoms with Crippen molar-refractivity contribution in [2.45, 2.75) is 44.6 Å². The minimum absolute atomic E-state index is 0.000800. The highest BCUT2D eigenvalue weighted by Gasteiger charge is 2.42. The second-order valence-corrected chi connectivity index (χ2v) is 8.20. The number of amides is 1. The van der Waals surface area contributed by atoms with Crippen LogP contribution in [-0.2, 0) is 14.8 Å². The summed E-state index contributed by atoms with van der Waals surface area (Å²) in [5.41, 5.74) is 1.28. The minimum Gasteiger partial charge on any atom is -0.360 e. The van der Waals surface area contributed by atoms with Crippen molar-refractivity contribution in [3.05, 3.63) is 41.0 Å². The van der Waals surface area contributed by atoms with Crippen LogP contribution in [0.2, 0.25) is 0 Å². The number of hydrogen-bond acceptors (Lipinski definition) is 5. The zero-order chi connectivity index (χ0) is 19.1. The fourth-order valence-electron chi connectivity index (χ4n) is 3.19. The first-order valence-electron chi connectivity index (χ1n) is 8.23. The lowest BCUT2D eigenvalue weighted by molar-refractivity contribution is -0.119. The van der Waals surface area contributed by atoms with Crippen molar-refractivity contribution in [1.82, 2.24) is 9.46 Å². The number of rotatable bonds is 4. The van der Waals surface area contributed by atoms with Gasteiger partial charge in [-0.05, 0) is 51.3 Å². The van der Waals surface area contributed by atoms with Gasteiger partial charge in [0.15, 0.2) is 5.76 Å². The zero-order valence-corrected chi connectivity index (χ0v) is 15.6. The van der Waals surface area contributed by atoms with Gasteiger partial charge in [0.2, 0.25) is 15.9 Å². The van der Waals surface area contributed by atoms with E-state index in [0.717, 1.165) is 0 Å². The highest BCUT2D eigenvalue weighted by molar-refractivity contribution is 7.89. The summed E-state index contributed by atoms with van der Waals surface area (Å²) in [6, 6.07) is 3.21. The summed E-state index contributed by atoms with van der Waals surface area (Å²) in [6.45, 7) is 5.04. The smallest absolute Gasteiger partial charge is 0.249 e. The van der Waals surface area contributed by atoms with Crippen LogP contribution in [0.4, 0.5) is 10.1 Å². The highest BCUT2D eigenvalue weighted by Crippen LogP contribution is 2.30. The molecule has 0 unspecified atom stereocenters. The van der Waals surface area contributed by atoms with Crippen molar-refractivity contribution in [2.75, 3.05) is 11.9 Å². The fourth-order valence-corrected chi connectivity index (χ4v) is 5.15. The van der Waals surface area contributed by atoms with Crippen LogP contribution in [0.15, 0.2) is 27.6 Å². The standard InChI is InChI=1S/C17H20FN3O4S/c1-10-6-7-13(18)9-14(10)19-17(22)15-5-4-8-21(15)26(23,24)16-11(2)20-25-12(16)3/h6-7,9,15H,4-5,8H2,1-3H3,(H,19,22)/t15-/m1/s1. The first-order chi connectivity index (χ1) is 12.2. The van der Waals surface area contributed by atoms with Crippen molar-refractivity contribution < 1.29 is 22.1 Å². The van der Waals surface area contributed by atoms with E-state index in [-0.39, 0.29) is 22.9 Å². The molecule has 26 heavy (non-hydrogen) atoms. The van der Waals surface area contributed by atoms with Gasteiger partial charge in [-0.1, -0.05) is 11.2 Å². The number of halogens is 1. The summed E-state index contributed by atoms with van der Waals surface area (Å²) < 4.78 is 45.6. The van der Waals surface area contributed by atoms with Crippen molar-refractivity contribution in [3.8, 4) is 0 Å². The second kappa shape index (κ2) is 6.81. The van der Waals surface area contributed by atoms with Gasteiger partial charge in [-0.3, -0.25) is 4.79 Å². The third-order valence-corrected chi connectivity index (χ3v) is 6.65. The number of benzene rings is 1. The predicted octanol–water partition coefficient (Wildman–Crippen LogP) is 2.53. The Morgan fingerprint density at radius 3 is 2.73 bits per heavy atom. The lowest BCUT2D eigenvalue weighted by Gasteiger charge is -2.23. The van der Waals surface area contributed by atoms with Crippen molar-refractivity contribution in [1.29, 1.82) is 0 Å². The molecule has 1 saturated heterocycles. The number of carbonyl (C=O) groups excluding carboxylic acids is 1. The van der Waals surface area contributed by atoms with Crippen LogP contribution in [0, 0.1) is 26.6 Å². The normalized spacial score (nSPS) is 18.2. The Kier molecular flexibility index (Phi) is 4.85. The Bertz CT molecular complexity index is 935. The first-order valence-corrected chi connectivity index (χ1v) is 9.67. The summed E-state index contributed by atoms with van der Waals surface area (Å²) in [5, 5.41) is 6.34. The Balaban J connectivity index is 1.88. The molecule has 1 aromatic carbocycles. The molecule has 0 spiro atoms. The maximum Gasteiger partial charge on any atom is 0.249 e. The van der Waals surface area contributed by atoms with Gasteiger partial charge in [-0.15, -0.1) is 0 Å². The molecule has 1 amide bonds. The average molecular weight is 381 g/mol. The summed E-state index contributed by atoms with van der Waals surface area (Å²) >= 11 is 0. The van der Waals surface area contributed by atoms with Crippen LogP contribution >= 0.6 is 0 Å². The van der Waals surface area contributed by atoms with Crippen LogP contribution in [0.1, 0.15) is 29.9 Å². The number of carbonyl (C=O) groups is 1. The van der Waals surface area contributed by atoms with Crippen molar-refractivity contribution >= 4 is 21.6 Å². The molecule has 1 atom stereocenters. The van der Waals surface area contributed by atoms with E-state index in [1.807, 2.05) is 0 Å². The van der Waals surface area contributed by atoms with Crippen molar-refractivity contribution in [3.63, 3.8) is 0 Å². The molecule has 1 N–H and O–H groups in total. The Morgan fingerprint density at radius 2 is 2.08 bits per heavy atom. The number of nitrogens with one attached hydrogen (secondary N) is 1. The number of nitrogens with zero attached hydrogens (tertiary/aromatic N) is 2. The maximum atomic E-state index is 13.4. The molecule has 1 aliphatic rings. The molecule has 1 aliphatic heterocycles. The molecule has 0 aliphatic carbocycles. The molecular formula is C17H20FN3O4S. The van der Waals surface area contributed by atoms with Crippen LogP contribution < -0.4 is 5.32 Å². The molecule has 140 valence electrons. The number of sulfonamides is 1. The Labute approximate surface area is 151 Å². The Hall–Kier alpha value is -2.26. The molecule has 2 aromatic rings. The molecule has 1 aromatic heterocycles. The SMILES string of the molecule is Cc1ccc(F)cc1NC(=O)[C@H]1CCCN1S(=O)(=O)c1c(C)noc1C. The first kappa shape index (κ1) is 18.5. The molecule has 1 fully saturated rings. The van der Waals surface area contributed by atoms with Gasteiger partial charge in [0.1, 0.15) is 22.4 Å². The highest BCUT2D eigenvalue weighted by atomic mass is 32.2. The molecular weight excluding hydrogens is 361 g/mol. The predicted molar refractivity (Wildman–Crippen MR) is 92.7 cm³/mol. The fraction of sp³-hybridized carbons (Fsp3) is 0.412. The van der Waals surface area contributed by atoms with E-state index in [4.69, 9.17) is 4.52 Å². The lowest BCUT2D eigenvalue weighted by atomic mass is 10.1. The van der Waals surface area contributed by atoms with E-state index >= 15 is 0 Å². The molecule has 9 heteroatoms. The average Bonchev–Trinajstić information content (AvgIpc) is 3.18. The van der Waals surface area contributed by atoms with E-state index in [1.54, 1.807) is 19.9 Å². The maximum absolute atomic E-state index is 13.4. The molecule has 0 bridgehead atoms. The largest absolute Gasteiger partial charge is 0.360 e. The molecule has 7 nitrogen and oxygen atoms in total. The van der Waals surface area contributed by atoms with Crippen LogP contribution in [0.25, 0.3) is 0 Å². The zero-order valence-electron chi connectivity index (χ0n) is 14.7. The van der Waals surface area contributed by atoms with Crippen LogP contribution in [0.5, 0.6) is 0 Å². The van der Waals surface area contributed by atoms with Gasteiger partial charge in [-0.2, -0.15) is 4.31 Å². The summed E-state index contributed by atoms with van der Waals surface area (Å²) in [5.74, 6) is -0.765. The lowest BCUT2D eigenvalue weighted by Crippen LogP contribution is -2.43. The molecule has 2 heterocycles. The van der Waals surface area contributed by atoms with Gasteiger partial charge < -0.3 is 9.84 Å². The van der Waals surface area contributed by atoms with Crippen LogP contribution in [0.3, 0.4) is 0 Å². The third-order valence-electron chi connectivity index (χ3n) is 4.50.